The molecule has 5 heteroatoms. The number of nitrogens with zero attached hydrogens (tertiary/aromatic N) is 2. The molecule has 0 aliphatic rings. The lowest BCUT2D eigenvalue weighted by Crippen LogP contribution is -2.02. The number of benzene rings is 1. The van der Waals surface area contributed by atoms with Gasteiger partial charge in [0.2, 0.25) is 0 Å². The van der Waals surface area contributed by atoms with Crippen LogP contribution in [0, 0.1) is 12.7 Å². The Morgan fingerprint density at radius 2 is 2.14 bits per heavy atom. The number of rotatable bonds is 3. The van der Waals surface area contributed by atoms with Gasteiger partial charge in [-0.1, -0.05) is 0 Å². The van der Waals surface area contributed by atoms with Gasteiger partial charge in [-0.25, -0.2) is 9.37 Å². The Balaban J connectivity index is 2.24. The lowest BCUT2D eigenvalue weighted by atomic mass is 10.1. The third-order valence-electron chi connectivity index (χ3n) is 3.56. The van der Waals surface area contributed by atoms with E-state index in [1.54, 1.807) is 23.8 Å². The van der Waals surface area contributed by atoms with Crippen molar-refractivity contribution in [3.63, 3.8) is 0 Å². The van der Waals surface area contributed by atoms with Gasteiger partial charge in [0.1, 0.15) is 5.75 Å². The van der Waals surface area contributed by atoms with E-state index in [9.17, 15) is 4.39 Å². The van der Waals surface area contributed by atoms with Crippen LogP contribution in [0.2, 0.25) is 0 Å². The van der Waals surface area contributed by atoms with Crippen molar-refractivity contribution in [1.82, 2.24) is 9.38 Å². The van der Waals surface area contributed by atoms with Gasteiger partial charge in [-0.15, -0.1) is 0 Å². The van der Waals surface area contributed by atoms with Crippen molar-refractivity contribution in [3.8, 4) is 17.0 Å². The van der Waals surface area contributed by atoms with Gasteiger partial charge in [0.15, 0.2) is 11.5 Å². The molecule has 0 saturated carbocycles. The minimum absolute atomic E-state index is 0.283. The van der Waals surface area contributed by atoms with Gasteiger partial charge in [-0.05, 0) is 42.8 Å². The highest BCUT2D eigenvalue weighted by molar-refractivity contribution is 5.68. The maximum atomic E-state index is 13.9. The second-order valence-electron chi connectivity index (χ2n) is 4.85. The Morgan fingerprint density at radius 3 is 2.81 bits per heavy atom. The third kappa shape index (κ3) is 2.15. The summed E-state index contributed by atoms with van der Waals surface area (Å²) in [7, 11) is 1.63. The lowest BCUT2D eigenvalue weighted by Gasteiger charge is -2.07. The topological polar surface area (TPSA) is 52.5 Å². The summed E-state index contributed by atoms with van der Waals surface area (Å²) < 4.78 is 20.8. The number of methoxy groups -OCH3 is 1. The van der Waals surface area contributed by atoms with E-state index in [1.165, 1.54) is 6.07 Å². The summed E-state index contributed by atoms with van der Waals surface area (Å²) in [6, 6.07) is 8.80. The van der Waals surface area contributed by atoms with Crippen LogP contribution in [0.1, 0.15) is 11.3 Å². The van der Waals surface area contributed by atoms with Crippen LogP contribution in [0.15, 0.2) is 36.5 Å². The maximum Gasteiger partial charge on any atom is 0.174 e. The minimum Gasteiger partial charge on any atom is -0.496 e. The Bertz CT molecular complexity index is 811. The molecule has 3 aromatic rings. The molecular weight excluding hydrogens is 269 g/mol. The molecule has 0 spiro atoms. The van der Waals surface area contributed by atoms with E-state index in [0.717, 1.165) is 22.6 Å². The van der Waals surface area contributed by atoms with Crippen molar-refractivity contribution in [2.45, 2.75) is 13.5 Å². The third-order valence-corrected chi connectivity index (χ3v) is 3.56. The molecule has 2 heterocycles. The first-order chi connectivity index (χ1) is 10.2. The fourth-order valence-corrected chi connectivity index (χ4v) is 2.54. The smallest absolute Gasteiger partial charge is 0.174 e. The number of nitrogens with two attached hydrogens (primary N) is 1. The highest BCUT2D eigenvalue weighted by Crippen LogP contribution is 2.29. The minimum atomic E-state index is -0.358. The summed E-state index contributed by atoms with van der Waals surface area (Å²) in [5.41, 5.74) is 9.51. The number of pyridine rings is 1. The molecule has 0 fully saturated rings. The molecule has 2 aromatic heterocycles. The molecule has 0 unspecified atom stereocenters. The van der Waals surface area contributed by atoms with Crippen LogP contribution in [0.25, 0.3) is 16.9 Å². The number of aryl methyl sites for hydroxylation is 1. The molecule has 0 bridgehead atoms. The SMILES string of the molecule is COc1ccc(-c2nc3c(F)cccn3c2CN)cc1C. The van der Waals surface area contributed by atoms with Gasteiger partial charge in [-0.3, -0.25) is 4.40 Å². The van der Waals surface area contributed by atoms with Gasteiger partial charge < -0.3 is 10.5 Å². The van der Waals surface area contributed by atoms with Crippen LogP contribution in [0.5, 0.6) is 5.75 Å². The van der Waals surface area contributed by atoms with Crippen LogP contribution in [0.4, 0.5) is 4.39 Å². The summed E-state index contributed by atoms with van der Waals surface area (Å²) in [5.74, 6) is 0.451. The predicted octanol–water partition coefficient (Wildman–Crippen LogP) is 2.92. The molecule has 3 rings (SSSR count). The van der Waals surface area contributed by atoms with Crippen molar-refractivity contribution in [2.75, 3.05) is 7.11 Å². The van der Waals surface area contributed by atoms with Crippen molar-refractivity contribution in [2.24, 2.45) is 5.73 Å². The van der Waals surface area contributed by atoms with E-state index in [0.29, 0.717) is 11.3 Å². The zero-order chi connectivity index (χ0) is 15.0. The van der Waals surface area contributed by atoms with Gasteiger partial charge in [0.25, 0.3) is 0 Å². The first-order valence-corrected chi connectivity index (χ1v) is 6.66. The van der Waals surface area contributed by atoms with Crippen LogP contribution in [-0.2, 0) is 6.54 Å². The summed E-state index contributed by atoms with van der Waals surface area (Å²) in [6.45, 7) is 2.24. The second kappa shape index (κ2) is 5.18. The van der Waals surface area contributed by atoms with E-state index in [-0.39, 0.29) is 12.4 Å². The fraction of sp³-hybridized carbons (Fsp3) is 0.188. The first-order valence-electron chi connectivity index (χ1n) is 6.66. The molecule has 2 N–H and O–H groups in total. The molecule has 0 aliphatic carbocycles. The van der Waals surface area contributed by atoms with Gasteiger partial charge >= 0.3 is 0 Å². The number of halogens is 1. The molecule has 1 aromatic carbocycles. The fourth-order valence-electron chi connectivity index (χ4n) is 2.54. The van der Waals surface area contributed by atoms with Crippen molar-refractivity contribution in [3.05, 3.63) is 53.6 Å². The molecule has 0 atom stereocenters. The normalized spacial score (nSPS) is 11.0. The molecular formula is C16H16FN3O. The largest absolute Gasteiger partial charge is 0.496 e. The number of hydrogen-bond acceptors (Lipinski definition) is 3. The standard InChI is InChI=1S/C16H16FN3O/c1-10-8-11(5-6-14(10)21-2)15-13(9-18)20-7-3-4-12(17)16(20)19-15/h3-8H,9,18H2,1-2H3. The van der Waals surface area contributed by atoms with Crippen LogP contribution in [-0.4, -0.2) is 16.5 Å². The molecule has 0 aliphatic heterocycles. The van der Waals surface area contributed by atoms with E-state index in [1.807, 2.05) is 25.1 Å². The molecule has 4 nitrogen and oxygen atoms in total. The molecule has 0 amide bonds. The van der Waals surface area contributed by atoms with E-state index in [4.69, 9.17) is 10.5 Å². The lowest BCUT2D eigenvalue weighted by molar-refractivity contribution is 0.412. The van der Waals surface area contributed by atoms with Crippen LogP contribution >= 0.6 is 0 Å². The molecule has 108 valence electrons. The zero-order valence-electron chi connectivity index (χ0n) is 11.9. The average Bonchev–Trinajstić information content (AvgIpc) is 2.87. The predicted molar refractivity (Wildman–Crippen MR) is 79.8 cm³/mol. The Morgan fingerprint density at radius 1 is 1.33 bits per heavy atom. The van der Waals surface area contributed by atoms with Crippen LogP contribution in [0.3, 0.4) is 0 Å². The van der Waals surface area contributed by atoms with Crippen LogP contribution < -0.4 is 10.5 Å². The number of fused-ring (bicyclic) bond motifs is 1. The van der Waals surface area contributed by atoms with E-state index < -0.39 is 0 Å². The van der Waals surface area contributed by atoms with Gasteiger partial charge in [0.05, 0.1) is 18.5 Å². The van der Waals surface area contributed by atoms with Gasteiger partial charge in [0, 0.05) is 18.3 Å². The maximum absolute atomic E-state index is 13.9. The number of hydrogen-bond donors (Lipinski definition) is 1. The molecule has 21 heavy (non-hydrogen) atoms. The highest BCUT2D eigenvalue weighted by Gasteiger charge is 2.15. The highest BCUT2D eigenvalue weighted by atomic mass is 19.1. The summed E-state index contributed by atoms with van der Waals surface area (Å²) in [5, 5.41) is 0. The molecule has 0 saturated heterocycles. The number of aromatic nitrogens is 2. The molecule has 0 radical (unpaired) electrons. The monoisotopic (exact) mass is 285 g/mol. The average molecular weight is 285 g/mol. The number of imidazole rings is 1. The van der Waals surface area contributed by atoms with E-state index >= 15 is 0 Å². The summed E-state index contributed by atoms with van der Waals surface area (Å²) in [4.78, 5) is 4.42. The second-order valence-corrected chi connectivity index (χ2v) is 4.85. The Kier molecular flexibility index (Phi) is 3.35. The first kappa shape index (κ1) is 13.6. The van der Waals surface area contributed by atoms with Crippen molar-refractivity contribution >= 4 is 5.65 Å². The summed E-state index contributed by atoms with van der Waals surface area (Å²) >= 11 is 0. The number of ether oxygens (including phenoxy) is 1. The summed E-state index contributed by atoms with van der Waals surface area (Å²) in [6.07, 6.45) is 1.77. The Hall–Kier alpha value is -2.40. The zero-order valence-corrected chi connectivity index (χ0v) is 11.9. The van der Waals surface area contributed by atoms with Crippen molar-refractivity contribution < 1.29 is 9.13 Å². The quantitative estimate of drug-likeness (QED) is 0.805. The van der Waals surface area contributed by atoms with Gasteiger partial charge in [-0.2, -0.15) is 0 Å². The Labute approximate surface area is 122 Å². The van der Waals surface area contributed by atoms with E-state index in [2.05, 4.69) is 4.98 Å². The van der Waals surface area contributed by atoms with Crippen molar-refractivity contribution in [1.29, 1.82) is 0 Å².